The maximum atomic E-state index is 12.7. The van der Waals surface area contributed by atoms with E-state index in [0.717, 1.165) is 0 Å². The zero-order chi connectivity index (χ0) is 18.0. The van der Waals surface area contributed by atoms with E-state index in [2.05, 4.69) is 6.58 Å². The van der Waals surface area contributed by atoms with Gasteiger partial charge in [0.2, 0.25) is 0 Å². The van der Waals surface area contributed by atoms with Crippen LogP contribution >= 0.6 is 0 Å². The summed E-state index contributed by atoms with van der Waals surface area (Å²) < 4.78 is 5.87. The summed E-state index contributed by atoms with van der Waals surface area (Å²) >= 11 is 0. The minimum absolute atomic E-state index is 0.180. The van der Waals surface area contributed by atoms with Crippen molar-refractivity contribution in [1.82, 2.24) is 0 Å². The average Bonchev–Trinajstić information content (AvgIpc) is 2.95. The van der Waals surface area contributed by atoms with Crippen LogP contribution in [0.25, 0.3) is 0 Å². The van der Waals surface area contributed by atoms with Crippen molar-refractivity contribution in [3.05, 3.63) is 24.3 Å². The van der Waals surface area contributed by atoms with Crippen LogP contribution in [-0.4, -0.2) is 44.6 Å². The molecule has 0 aromatic carbocycles. The van der Waals surface area contributed by atoms with Crippen LogP contribution in [-0.2, 0) is 14.3 Å². The fourth-order valence-corrected chi connectivity index (χ4v) is 7.13. The summed E-state index contributed by atoms with van der Waals surface area (Å²) in [5.41, 5.74) is -3.29. The summed E-state index contributed by atoms with van der Waals surface area (Å²) in [6.07, 6.45) is 4.11. The van der Waals surface area contributed by atoms with Gasteiger partial charge in [-0.25, -0.2) is 0 Å². The van der Waals surface area contributed by atoms with Gasteiger partial charge in [-0.05, 0) is 49.7 Å². The van der Waals surface area contributed by atoms with E-state index < -0.39 is 51.9 Å². The summed E-state index contributed by atoms with van der Waals surface area (Å²) in [5, 5.41) is 31.6. The molecule has 4 fully saturated rings. The van der Waals surface area contributed by atoms with Gasteiger partial charge in [0.05, 0.1) is 17.6 Å². The summed E-state index contributed by atoms with van der Waals surface area (Å²) in [7, 11) is 0. The van der Waals surface area contributed by atoms with E-state index in [1.54, 1.807) is 19.1 Å². The lowest BCUT2D eigenvalue weighted by molar-refractivity contribution is -0.163. The highest BCUT2D eigenvalue weighted by molar-refractivity contribution is 5.86. The molecule has 134 valence electrons. The molecule has 3 saturated carbocycles. The van der Waals surface area contributed by atoms with Gasteiger partial charge in [0.1, 0.15) is 11.0 Å². The first kappa shape index (κ1) is 15.6. The molecule has 0 unspecified atom stereocenters. The lowest BCUT2D eigenvalue weighted by atomic mass is 9.61. The summed E-state index contributed by atoms with van der Waals surface area (Å²) in [6, 6.07) is 0. The first-order valence-electron chi connectivity index (χ1n) is 8.86. The van der Waals surface area contributed by atoms with Crippen molar-refractivity contribution in [3.8, 4) is 0 Å². The fourth-order valence-electron chi connectivity index (χ4n) is 7.13. The van der Waals surface area contributed by atoms with Crippen molar-refractivity contribution in [2.45, 2.75) is 49.9 Å². The molecule has 3 N–H and O–H groups in total. The average molecular weight is 346 g/mol. The van der Waals surface area contributed by atoms with Crippen molar-refractivity contribution < 1.29 is 29.6 Å². The predicted molar refractivity (Wildman–Crippen MR) is 85.2 cm³/mol. The summed E-state index contributed by atoms with van der Waals surface area (Å²) in [5.74, 6) is -3.18. The Bertz CT molecular complexity index is 772. The van der Waals surface area contributed by atoms with Crippen LogP contribution in [0.4, 0.5) is 0 Å². The van der Waals surface area contributed by atoms with Crippen molar-refractivity contribution in [2.24, 2.45) is 28.6 Å². The minimum Gasteiger partial charge on any atom is -0.481 e. The van der Waals surface area contributed by atoms with E-state index in [4.69, 9.17) is 4.74 Å². The summed E-state index contributed by atoms with van der Waals surface area (Å²) in [6.45, 7) is 5.64. The molecule has 4 bridgehead atoms. The van der Waals surface area contributed by atoms with Gasteiger partial charge in [-0.1, -0.05) is 12.7 Å². The number of aliphatic hydroxyl groups is 2. The Morgan fingerprint density at radius 3 is 2.84 bits per heavy atom. The number of hydrogen-bond acceptors (Lipinski definition) is 5. The van der Waals surface area contributed by atoms with Crippen LogP contribution in [0.15, 0.2) is 24.3 Å². The van der Waals surface area contributed by atoms with E-state index >= 15 is 0 Å². The standard InChI is InChI=1S/C19H22O6/c1-9-7-17-8-18(9,24)5-3-10(17)19-6-4-11(20)16(2,15(23)25-19)13(19)12(17)14(21)22/h4,6,10-13,20,24H,1,3,5,7-8H2,2H3,(H,21,22)/t10-,11-,12-,13+,16-,17-,18-,19-/m0/s1. The smallest absolute Gasteiger partial charge is 0.316 e. The number of aliphatic hydroxyl groups excluding tert-OH is 1. The van der Waals surface area contributed by atoms with Crippen LogP contribution in [0.1, 0.15) is 32.6 Å². The SMILES string of the molecule is C=C1C[C@]23C[C@@]1(O)CC[C@@H]2[C@]12C=C[C@H](O)[C@](C)(C(=O)O1)[C@H]2[C@H]3C(=O)O. The molecule has 5 aliphatic rings. The molecule has 25 heavy (non-hydrogen) atoms. The van der Waals surface area contributed by atoms with Gasteiger partial charge in [0, 0.05) is 11.8 Å². The molecule has 0 aromatic heterocycles. The Labute approximate surface area is 145 Å². The van der Waals surface area contributed by atoms with Crippen molar-refractivity contribution in [1.29, 1.82) is 0 Å². The maximum Gasteiger partial charge on any atom is 0.316 e. The number of aliphatic carboxylic acids is 1. The number of carbonyl (C=O) groups is 2. The molecular weight excluding hydrogens is 324 g/mol. The topological polar surface area (TPSA) is 104 Å². The fraction of sp³-hybridized carbons (Fsp3) is 0.684. The number of carboxylic acids is 1. The van der Waals surface area contributed by atoms with Crippen LogP contribution in [0.5, 0.6) is 0 Å². The second kappa shape index (κ2) is 4.01. The number of carbonyl (C=O) groups excluding carboxylic acids is 1. The van der Waals surface area contributed by atoms with Gasteiger partial charge in [0.25, 0.3) is 0 Å². The molecule has 8 atom stereocenters. The third kappa shape index (κ3) is 1.36. The predicted octanol–water partition coefficient (Wildman–Crippen LogP) is 1.03. The molecule has 0 aromatic rings. The maximum absolute atomic E-state index is 12.7. The van der Waals surface area contributed by atoms with Gasteiger partial charge in [-0.3, -0.25) is 9.59 Å². The molecule has 5 rings (SSSR count). The highest BCUT2D eigenvalue weighted by Gasteiger charge is 2.83. The number of esters is 1. The first-order valence-corrected chi connectivity index (χ1v) is 8.86. The molecule has 1 saturated heterocycles. The number of hydrogen-bond donors (Lipinski definition) is 3. The first-order chi connectivity index (χ1) is 11.6. The molecule has 0 amide bonds. The zero-order valence-electron chi connectivity index (χ0n) is 14.1. The lowest BCUT2D eigenvalue weighted by Crippen LogP contribution is -2.50. The van der Waals surface area contributed by atoms with Gasteiger partial charge in [0.15, 0.2) is 0 Å². The molecule has 0 radical (unpaired) electrons. The van der Waals surface area contributed by atoms with E-state index in [0.29, 0.717) is 31.3 Å². The molecular formula is C19H22O6. The quantitative estimate of drug-likeness (QED) is 0.484. The molecule has 4 aliphatic carbocycles. The Morgan fingerprint density at radius 1 is 1.44 bits per heavy atom. The van der Waals surface area contributed by atoms with E-state index in [1.165, 1.54) is 0 Å². The largest absolute Gasteiger partial charge is 0.481 e. The number of fused-ring (bicyclic) bond motifs is 1. The highest BCUT2D eigenvalue weighted by atomic mass is 16.6. The molecule has 1 heterocycles. The van der Waals surface area contributed by atoms with Gasteiger partial charge < -0.3 is 20.1 Å². The van der Waals surface area contributed by atoms with Gasteiger partial charge >= 0.3 is 11.9 Å². The third-order valence-corrected chi connectivity index (χ3v) is 8.12. The second-order valence-corrected chi connectivity index (χ2v) is 8.94. The van der Waals surface area contributed by atoms with Crippen molar-refractivity contribution >= 4 is 11.9 Å². The van der Waals surface area contributed by atoms with Crippen LogP contribution in [0.3, 0.4) is 0 Å². The zero-order valence-corrected chi connectivity index (χ0v) is 14.1. The minimum atomic E-state index is -1.27. The second-order valence-electron chi connectivity index (χ2n) is 8.94. The normalized spacial score (nSPS) is 58.0. The number of rotatable bonds is 1. The summed E-state index contributed by atoms with van der Waals surface area (Å²) in [4.78, 5) is 25.1. The molecule has 1 spiro atoms. The lowest BCUT2D eigenvalue weighted by Gasteiger charge is -2.44. The Hall–Kier alpha value is -1.66. The molecule has 6 heteroatoms. The van der Waals surface area contributed by atoms with Crippen LogP contribution in [0.2, 0.25) is 0 Å². The van der Waals surface area contributed by atoms with E-state index in [9.17, 15) is 24.9 Å². The van der Waals surface area contributed by atoms with Crippen LogP contribution in [0, 0.1) is 28.6 Å². The number of ether oxygens (including phenoxy) is 1. The Morgan fingerprint density at radius 2 is 2.16 bits per heavy atom. The van der Waals surface area contributed by atoms with Gasteiger partial charge in [-0.15, -0.1) is 0 Å². The number of carboxylic acid groups (broad SMARTS) is 1. The van der Waals surface area contributed by atoms with E-state index in [-0.39, 0.29) is 5.92 Å². The molecule has 6 nitrogen and oxygen atoms in total. The highest BCUT2D eigenvalue weighted by Crippen LogP contribution is 2.77. The van der Waals surface area contributed by atoms with Crippen molar-refractivity contribution in [2.75, 3.05) is 0 Å². The monoisotopic (exact) mass is 346 g/mol. The van der Waals surface area contributed by atoms with Crippen molar-refractivity contribution in [3.63, 3.8) is 0 Å². The third-order valence-electron chi connectivity index (χ3n) is 8.12. The Balaban J connectivity index is 1.78. The van der Waals surface area contributed by atoms with E-state index in [1.807, 2.05) is 0 Å². The van der Waals surface area contributed by atoms with Gasteiger partial charge in [-0.2, -0.15) is 0 Å². The van der Waals surface area contributed by atoms with Crippen LogP contribution < -0.4 is 0 Å². The molecule has 1 aliphatic heterocycles. The Kier molecular flexibility index (Phi) is 2.50.